The predicted molar refractivity (Wildman–Crippen MR) is 102 cm³/mol. The van der Waals surface area contributed by atoms with Crippen LogP contribution in [0.3, 0.4) is 0 Å². The number of nitrogens with one attached hydrogen (secondary N) is 1. The van der Waals surface area contributed by atoms with Gasteiger partial charge >= 0.3 is 0 Å². The summed E-state index contributed by atoms with van der Waals surface area (Å²) in [5.41, 5.74) is 6.85. The molecule has 1 aromatic carbocycles. The van der Waals surface area contributed by atoms with Crippen LogP contribution in [0.25, 0.3) is 0 Å². The Morgan fingerprint density at radius 1 is 1.15 bits per heavy atom. The molecule has 2 aromatic rings. The molecule has 26 heavy (non-hydrogen) atoms. The number of hydrogen-bond donors (Lipinski definition) is 2. The minimum atomic E-state index is -0.559. The number of nitrogens with two attached hydrogens (primary N) is 1. The number of hydrogen-bond acceptors (Lipinski definition) is 6. The summed E-state index contributed by atoms with van der Waals surface area (Å²) >= 11 is 0. The second-order valence-electron chi connectivity index (χ2n) is 6.29. The molecule has 0 bridgehead atoms. The van der Waals surface area contributed by atoms with E-state index in [2.05, 4.69) is 20.1 Å². The SMILES string of the molecule is COc1cccc(N2CCN(CC(N)C(=O)Nc3ccccc3)CC2)n1. The lowest BCUT2D eigenvalue weighted by Crippen LogP contribution is -2.52. The summed E-state index contributed by atoms with van der Waals surface area (Å²) in [5.74, 6) is 1.37. The minimum Gasteiger partial charge on any atom is -0.481 e. The molecule has 0 aliphatic carbocycles. The van der Waals surface area contributed by atoms with Gasteiger partial charge < -0.3 is 20.7 Å². The Labute approximate surface area is 153 Å². The number of amides is 1. The van der Waals surface area contributed by atoms with Gasteiger partial charge in [-0.3, -0.25) is 9.69 Å². The number of carbonyl (C=O) groups excluding carboxylic acids is 1. The number of aromatic nitrogens is 1. The molecule has 0 spiro atoms. The molecule has 1 aliphatic heterocycles. The molecule has 1 saturated heterocycles. The van der Waals surface area contributed by atoms with Crippen molar-refractivity contribution in [1.29, 1.82) is 0 Å². The van der Waals surface area contributed by atoms with Gasteiger partial charge in [0, 0.05) is 44.5 Å². The summed E-state index contributed by atoms with van der Waals surface area (Å²) in [6.07, 6.45) is 0. The minimum absolute atomic E-state index is 0.159. The molecular formula is C19H25N5O2. The number of anilines is 2. The molecule has 3 rings (SSSR count). The number of rotatable bonds is 6. The van der Waals surface area contributed by atoms with E-state index in [-0.39, 0.29) is 5.91 Å². The Hall–Kier alpha value is -2.64. The number of pyridine rings is 1. The Balaban J connectivity index is 1.48. The van der Waals surface area contributed by atoms with Crippen LogP contribution in [0, 0.1) is 0 Å². The zero-order valence-electron chi connectivity index (χ0n) is 15.0. The maximum Gasteiger partial charge on any atom is 0.242 e. The first-order chi connectivity index (χ1) is 12.7. The van der Waals surface area contributed by atoms with Crippen LogP contribution in [-0.2, 0) is 4.79 Å². The normalized spacial score (nSPS) is 16.2. The highest BCUT2D eigenvalue weighted by Crippen LogP contribution is 2.17. The van der Waals surface area contributed by atoms with Crippen molar-refractivity contribution < 1.29 is 9.53 Å². The number of benzene rings is 1. The molecule has 1 atom stereocenters. The van der Waals surface area contributed by atoms with Crippen LogP contribution in [0.5, 0.6) is 5.88 Å². The van der Waals surface area contributed by atoms with Gasteiger partial charge in [-0.1, -0.05) is 24.3 Å². The third kappa shape index (κ3) is 4.71. The standard InChI is InChI=1S/C19H25N5O2/c1-26-18-9-5-8-17(22-18)24-12-10-23(11-13-24)14-16(20)19(25)21-15-6-3-2-4-7-15/h2-9,16H,10-14,20H2,1H3,(H,21,25). The second kappa shape index (κ2) is 8.64. The summed E-state index contributed by atoms with van der Waals surface area (Å²) in [6, 6.07) is 14.6. The van der Waals surface area contributed by atoms with Gasteiger partial charge in [0.25, 0.3) is 0 Å². The van der Waals surface area contributed by atoms with Gasteiger partial charge in [-0.25, -0.2) is 0 Å². The van der Waals surface area contributed by atoms with E-state index in [1.807, 2.05) is 48.5 Å². The van der Waals surface area contributed by atoms with Crippen LogP contribution in [0.15, 0.2) is 48.5 Å². The van der Waals surface area contributed by atoms with Crippen molar-refractivity contribution >= 4 is 17.4 Å². The molecule has 1 amide bonds. The van der Waals surface area contributed by atoms with Crippen LogP contribution in [0.2, 0.25) is 0 Å². The molecule has 0 saturated carbocycles. The van der Waals surface area contributed by atoms with E-state index in [1.54, 1.807) is 7.11 Å². The first-order valence-electron chi connectivity index (χ1n) is 8.75. The van der Waals surface area contributed by atoms with E-state index in [4.69, 9.17) is 10.5 Å². The van der Waals surface area contributed by atoms with Crippen molar-refractivity contribution in [2.45, 2.75) is 6.04 Å². The van der Waals surface area contributed by atoms with E-state index in [0.29, 0.717) is 12.4 Å². The van der Waals surface area contributed by atoms with Crippen molar-refractivity contribution in [3.05, 3.63) is 48.5 Å². The number of carbonyl (C=O) groups is 1. The molecule has 7 nitrogen and oxygen atoms in total. The fourth-order valence-corrected chi connectivity index (χ4v) is 2.97. The lowest BCUT2D eigenvalue weighted by molar-refractivity contribution is -0.117. The molecule has 2 heterocycles. The smallest absolute Gasteiger partial charge is 0.242 e. The topological polar surface area (TPSA) is 83.7 Å². The Kier molecular flexibility index (Phi) is 6.04. The number of methoxy groups -OCH3 is 1. The quantitative estimate of drug-likeness (QED) is 0.810. The van der Waals surface area contributed by atoms with Crippen molar-refractivity contribution in [3.8, 4) is 5.88 Å². The van der Waals surface area contributed by atoms with Crippen molar-refractivity contribution in [3.63, 3.8) is 0 Å². The van der Waals surface area contributed by atoms with Crippen molar-refractivity contribution in [2.24, 2.45) is 5.73 Å². The first-order valence-corrected chi connectivity index (χ1v) is 8.75. The third-order valence-electron chi connectivity index (χ3n) is 4.45. The number of nitrogens with zero attached hydrogens (tertiary/aromatic N) is 3. The summed E-state index contributed by atoms with van der Waals surface area (Å²) in [7, 11) is 1.62. The van der Waals surface area contributed by atoms with Gasteiger partial charge in [0.1, 0.15) is 5.82 Å². The largest absolute Gasteiger partial charge is 0.481 e. The fraction of sp³-hybridized carbons (Fsp3) is 0.368. The summed E-state index contributed by atoms with van der Waals surface area (Å²) in [5, 5.41) is 2.85. The fourth-order valence-electron chi connectivity index (χ4n) is 2.97. The van der Waals surface area contributed by atoms with Crippen molar-refractivity contribution in [2.75, 3.05) is 50.1 Å². The third-order valence-corrected chi connectivity index (χ3v) is 4.45. The Bertz CT molecular complexity index is 717. The van der Waals surface area contributed by atoms with Gasteiger partial charge in [-0.05, 0) is 18.2 Å². The maximum atomic E-state index is 12.2. The lowest BCUT2D eigenvalue weighted by atomic mass is 10.2. The molecule has 1 fully saturated rings. The Morgan fingerprint density at radius 2 is 1.88 bits per heavy atom. The zero-order valence-corrected chi connectivity index (χ0v) is 15.0. The van der Waals surface area contributed by atoms with E-state index < -0.39 is 6.04 Å². The maximum absolute atomic E-state index is 12.2. The molecule has 3 N–H and O–H groups in total. The van der Waals surface area contributed by atoms with E-state index in [1.165, 1.54) is 0 Å². The van der Waals surface area contributed by atoms with Gasteiger partial charge in [0.05, 0.1) is 13.2 Å². The average Bonchev–Trinajstić information content (AvgIpc) is 2.69. The zero-order chi connectivity index (χ0) is 18.4. The van der Waals surface area contributed by atoms with Gasteiger partial charge in [0.15, 0.2) is 0 Å². The highest BCUT2D eigenvalue weighted by molar-refractivity contribution is 5.94. The number of ether oxygens (including phenoxy) is 1. The van der Waals surface area contributed by atoms with E-state index in [9.17, 15) is 4.79 Å². The number of para-hydroxylation sites is 1. The van der Waals surface area contributed by atoms with Crippen LogP contribution >= 0.6 is 0 Å². The highest BCUT2D eigenvalue weighted by Gasteiger charge is 2.22. The molecule has 7 heteroatoms. The Morgan fingerprint density at radius 3 is 2.58 bits per heavy atom. The summed E-state index contributed by atoms with van der Waals surface area (Å²) < 4.78 is 5.19. The van der Waals surface area contributed by atoms with E-state index in [0.717, 1.165) is 37.7 Å². The lowest BCUT2D eigenvalue weighted by Gasteiger charge is -2.36. The molecule has 1 aromatic heterocycles. The van der Waals surface area contributed by atoms with Crippen LogP contribution in [0.1, 0.15) is 0 Å². The monoisotopic (exact) mass is 355 g/mol. The van der Waals surface area contributed by atoms with Gasteiger partial charge in [-0.15, -0.1) is 0 Å². The van der Waals surface area contributed by atoms with Crippen LogP contribution in [0.4, 0.5) is 11.5 Å². The number of piperazine rings is 1. The predicted octanol–water partition coefficient (Wildman–Crippen LogP) is 1.18. The summed E-state index contributed by atoms with van der Waals surface area (Å²) in [6.45, 7) is 3.90. The van der Waals surface area contributed by atoms with Crippen LogP contribution < -0.4 is 20.7 Å². The van der Waals surface area contributed by atoms with Gasteiger partial charge in [0.2, 0.25) is 11.8 Å². The van der Waals surface area contributed by atoms with E-state index >= 15 is 0 Å². The average molecular weight is 355 g/mol. The second-order valence-corrected chi connectivity index (χ2v) is 6.29. The molecular weight excluding hydrogens is 330 g/mol. The molecule has 0 radical (unpaired) electrons. The summed E-state index contributed by atoms with van der Waals surface area (Å²) in [4.78, 5) is 21.1. The molecule has 1 unspecified atom stereocenters. The molecule has 138 valence electrons. The van der Waals surface area contributed by atoms with Crippen LogP contribution in [-0.4, -0.2) is 61.7 Å². The molecule has 1 aliphatic rings. The van der Waals surface area contributed by atoms with Gasteiger partial charge in [-0.2, -0.15) is 4.98 Å². The highest BCUT2D eigenvalue weighted by atomic mass is 16.5. The van der Waals surface area contributed by atoms with Crippen molar-refractivity contribution in [1.82, 2.24) is 9.88 Å². The first kappa shape index (κ1) is 18.2.